The van der Waals surface area contributed by atoms with Crippen molar-refractivity contribution in [2.24, 2.45) is 5.10 Å². The fraction of sp³-hybridized carbons (Fsp3) is 0.0500. The van der Waals surface area contributed by atoms with Gasteiger partial charge in [0.25, 0.3) is 5.91 Å². The van der Waals surface area contributed by atoms with Gasteiger partial charge in [0, 0.05) is 23.0 Å². The number of aromatic nitrogens is 1. The van der Waals surface area contributed by atoms with E-state index in [-0.39, 0.29) is 5.91 Å². The first-order valence-corrected chi connectivity index (χ1v) is 8.29. The molecule has 0 bridgehead atoms. The van der Waals surface area contributed by atoms with Gasteiger partial charge in [-0.3, -0.25) is 9.78 Å². The van der Waals surface area contributed by atoms with Crippen molar-refractivity contribution in [2.75, 3.05) is 0 Å². The fourth-order valence-electron chi connectivity index (χ4n) is 2.13. The third kappa shape index (κ3) is 5.16. The average Bonchev–Trinajstić information content (AvgIpc) is 2.69. The van der Waals surface area contributed by atoms with Gasteiger partial charge in [0.2, 0.25) is 0 Å². The molecule has 1 heterocycles. The van der Waals surface area contributed by atoms with Gasteiger partial charge in [-0.2, -0.15) is 5.10 Å². The summed E-state index contributed by atoms with van der Waals surface area (Å²) in [6, 6.07) is 17.9. The van der Waals surface area contributed by atoms with Crippen LogP contribution in [0.25, 0.3) is 0 Å². The maximum Gasteiger partial charge on any atom is 0.271 e. The second-order valence-corrected chi connectivity index (χ2v) is 5.86. The summed E-state index contributed by atoms with van der Waals surface area (Å²) in [5, 5.41) is 4.62. The summed E-state index contributed by atoms with van der Waals surface area (Å²) in [5.74, 6) is 0.386. The molecule has 1 aromatic heterocycles. The quantitative estimate of drug-likeness (QED) is 0.529. The van der Waals surface area contributed by atoms with Crippen LogP contribution in [0.15, 0.2) is 78.2 Å². The maximum atomic E-state index is 12.1. The normalized spacial score (nSPS) is 10.7. The first-order valence-electron chi connectivity index (χ1n) is 7.91. The minimum absolute atomic E-state index is 0.292. The minimum atomic E-state index is -0.292. The summed E-state index contributed by atoms with van der Waals surface area (Å²) in [6.07, 6.45) is 4.88. The molecule has 0 aliphatic rings. The molecule has 0 fully saturated rings. The van der Waals surface area contributed by atoms with Gasteiger partial charge in [-0.1, -0.05) is 23.7 Å². The van der Waals surface area contributed by atoms with Gasteiger partial charge < -0.3 is 4.74 Å². The van der Waals surface area contributed by atoms with Crippen molar-refractivity contribution in [1.82, 2.24) is 10.4 Å². The number of hydrogen-bond donors (Lipinski definition) is 1. The highest BCUT2D eigenvalue weighted by atomic mass is 35.5. The number of rotatable bonds is 6. The molecular formula is C20H16ClN3O2. The van der Waals surface area contributed by atoms with Crippen molar-refractivity contribution in [3.63, 3.8) is 0 Å². The molecule has 0 aliphatic heterocycles. The van der Waals surface area contributed by atoms with E-state index in [1.807, 2.05) is 24.3 Å². The summed E-state index contributed by atoms with van der Waals surface area (Å²) >= 11 is 5.86. The molecule has 130 valence electrons. The molecule has 0 saturated carbocycles. The lowest BCUT2D eigenvalue weighted by molar-refractivity contribution is 0.0955. The molecule has 0 radical (unpaired) electrons. The highest BCUT2D eigenvalue weighted by Gasteiger charge is 2.04. The number of halogens is 1. The van der Waals surface area contributed by atoms with Crippen molar-refractivity contribution < 1.29 is 9.53 Å². The SMILES string of the molecule is O=C(N/N=C\c1ccncc1)c1ccc(OCc2ccc(Cl)cc2)cc1. The second-order valence-electron chi connectivity index (χ2n) is 5.42. The van der Waals surface area contributed by atoms with Gasteiger partial charge in [0.15, 0.2) is 0 Å². The number of nitrogens with one attached hydrogen (secondary N) is 1. The molecule has 1 N–H and O–H groups in total. The van der Waals surface area contributed by atoms with Gasteiger partial charge in [-0.15, -0.1) is 0 Å². The largest absolute Gasteiger partial charge is 0.489 e. The van der Waals surface area contributed by atoms with E-state index in [9.17, 15) is 4.79 Å². The molecule has 5 nitrogen and oxygen atoms in total. The van der Waals surface area contributed by atoms with Crippen LogP contribution in [0.3, 0.4) is 0 Å². The van der Waals surface area contributed by atoms with Crippen LogP contribution in [0.1, 0.15) is 21.5 Å². The van der Waals surface area contributed by atoms with Gasteiger partial charge in [-0.25, -0.2) is 5.43 Å². The summed E-state index contributed by atoms with van der Waals surface area (Å²) < 4.78 is 5.70. The lowest BCUT2D eigenvalue weighted by atomic mass is 10.2. The third-order valence-electron chi connectivity index (χ3n) is 3.52. The van der Waals surface area contributed by atoms with Gasteiger partial charge in [-0.05, 0) is 59.7 Å². The molecule has 0 spiro atoms. The molecule has 1 amide bonds. The van der Waals surface area contributed by atoms with Crippen molar-refractivity contribution in [3.8, 4) is 5.75 Å². The maximum absolute atomic E-state index is 12.1. The van der Waals surface area contributed by atoms with Gasteiger partial charge in [0.05, 0.1) is 6.21 Å². The number of hydrogen-bond acceptors (Lipinski definition) is 4. The predicted molar refractivity (Wildman–Crippen MR) is 102 cm³/mol. The number of pyridine rings is 1. The molecule has 26 heavy (non-hydrogen) atoms. The number of carbonyl (C=O) groups is 1. The molecule has 0 aliphatic carbocycles. The Bertz CT molecular complexity index is 879. The molecule has 6 heteroatoms. The van der Waals surface area contributed by atoms with Crippen LogP contribution in [0.5, 0.6) is 5.75 Å². The summed E-state index contributed by atoms with van der Waals surface area (Å²) in [5.41, 5.74) is 4.85. The topological polar surface area (TPSA) is 63.6 Å². The summed E-state index contributed by atoms with van der Waals surface area (Å²) in [7, 11) is 0. The molecule has 0 atom stereocenters. The van der Waals surface area contributed by atoms with Crippen molar-refractivity contribution in [2.45, 2.75) is 6.61 Å². The zero-order valence-corrected chi connectivity index (χ0v) is 14.6. The Hall–Kier alpha value is -3.18. The monoisotopic (exact) mass is 365 g/mol. The highest BCUT2D eigenvalue weighted by Crippen LogP contribution is 2.15. The van der Waals surface area contributed by atoms with Crippen molar-refractivity contribution in [3.05, 3.63) is 94.8 Å². The van der Waals surface area contributed by atoms with E-state index < -0.39 is 0 Å². The Morgan fingerprint density at radius 1 is 1.04 bits per heavy atom. The van der Waals surface area contributed by atoms with Crippen LogP contribution in [0.2, 0.25) is 5.02 Å². The molecule has 3 aromatic rings. The number of benzene rings is 2. The Morgan fingerprint density at radius 2 is 1.73 bits per heavy atom. The van der Waals surface area contributed by atoms with E-state index in [0.29, 0.717) is 22.9 Å². The lowest BCUT2D eigenvalue weighted by Gasteiger charge is -2.07. The van der Waals surface area contributed by atoms with Crippen LogP contribution < -0.4 is 10.2 Å². The minimum Gasteiger partial charge on any atom is -0.489 e. The summed E-state index contributed by atoms with van der Waals surface area (Å²) in [4.78, 5) is 16.0. The van der Waals surface area contributed by atoms with Crippen LogP contribution in [0, 0.1) is 0 Å². The Morgan fingerprint density at radius 3 is 2.42 bits per heavy atom. The fourth-order valence-corrected chi connectivity index (χ4v) is 2.26. The van der Waals surface area contributed by atoms with Crippen LogP contribution in [-0.4, -0.2) is 17.1 Å². The zero-order valence-electron chi connectivity index (χ0n) is 13.8. The lowest BCUT2D eigenvalue weighted by Crippen LogP contribution is -2.17. The average molecular weight is 366 g/mol. The number of ether oxygens (including phenoxy) is 1. The van der Waals surface area contributed by atoms with Gasteiger partial charge in [0.1, 0.15) is 12.4 Å². The van der Waals surface area contributed by atoms with Crippen LogP contribution >= 0.6 is 11.6 Å². The van der Waals surface area contributed by atoms with E-state index >= 15 is 0 Å². The summed E-state index contributed by atoms with van der Waals surface area (Å²) in [6.45, 7) is 0.430. The van der Waals surface area contributed by atoms with Gasteiger partial charge >= 0.3 is 0 Å². The van der Waals surface area contributed by atoms with Crippen LogP contribution in [-0.2, 0) is 6.61 Å². The number of nitrogens with zero attached hydrogens (tertiary/aromatic N) is 2. The first kappa shape index (κ1) is 17.6. The molecule has 0 unspecified atom stereocenters. The Balaban J connectivity index is 1.52. The highest BCUT2D eigenvalue weighted by molar-refractivity contribution is 6.30. The molecule has 3 rings (SSSR count). The van der Waals surface area contributed by atoms with Crippen LogP contribution in [0.4, 0.5) is 0 Å². The Labute approximate surface area is 156 Å². The van der Waals surface area contributed by atoms with E-state index in [1.54, 1.807) is 55.0 Å². The molecule has 0 saturated heterocycles. The van der Waals surface area contributed by atoms with Crippen molar-refractivity contribution >= 4 is 23.7 Å². The number of amides is 1. The number of carbonyl (C=O) groups excluding carboxylic acids is 1. The molecular weight excluding hydrogens is 350 g/mol. The smallest absolute Gasteiger partial charge is 0.271 e. The Kier molecular flexibility index (Phi) is 5.96. The van der Waals surface area contributed by atoms with Crippen molar-refractivity contribution in [1.29, 1.82) is 0 Å². The van der Waals surface area contributed by atoms with E-state index in [2.05, 4.69) is 15.5 Å². The zero-order chi connectivity index (χ0) is 18.2. The molecule has 2 aromatic carbocycles. The van der Waals surface area contributed by atoms with E-state index in [4.69, 9.17) is 16.3 Å². The second kappa shape index (κ2) is 8.78. The van der Waals surface area contributed by atoms with E-state index in [0.717, 1.165) is 11.1 Å². The van der Waals surface area contributed by atoms with E-state index in [1.165, 1.54) is 0 Å². The number of hydrazone groups is 1. The first-order chi connectivity index (χ1) is 12.7. The third-order valence-corrected chi connectivity index (χ3v) is 3.77. The standard InChI is InChI=1S/C20H16ClN3O2/c21-18-5-1-16(2-6-18)14-26-19-7-3-17(4-8-19)20(25)24-23-13-15-9-11-22-12-10-15/h1-13H,14H2,(H,24,25)/b23-13-. The predicted octanol–water partition coefficient (Wildman–Crippen LogP) is 4.08.